The highest BCUT2D eigenvalue weighted by molar-refractivity contribution is 7.14. The summed E-state index contributed by atoms with van der Waals surface area (Å²) >= 11 is 2.89. The third-order valence-corrected chi connectivity index (χ3v) is 4.27. The summed E-state index contributed by atoms with van der Waals surface area (Å²) in [5.41, 5.74) is 5.31. The maximum absolute atomic E-state index is 12.0. The van der Waals surface area contributed by atoms with Crippen LogP contribution in [0.4, 0.5) is 0 Å². The monoisotopic (exact) mass is 291 g/mol. The molecule has 1 unspecified atom stereocenters. The van der Waals surface area contributed by atoms with Gasteiger partial charge in [-0.05, 0) is 19.1 Å². The molecule has 0 aliphatic heterocycles. The van der Waals surface area contributed by atoms with Gasteiger partial charge in [0.05, 0.1) is 22.3 Å². The molecule has 2 aromatic rings. The molecule has 0 aromatic carbocycles. The van der Waals surface area contributed by atoms with Gasteiger partial charge in [0.1, 0.15) is 5.01 Å². The van der Waals surface area contributed by atoms with Crippen molar-refractivity contribution in [3.05, 3.63) is 38.5 Å². The van der Waals surface area contributed by atoms with Gasteiger partial charge >= 0.3 is 0 Å². The molecule has 0 bridgehead atoms. The summed E-state index contributed by atoms with van der Waals surface area (Å²) in [5.74, 6) is 5.58. The number of nitrogens with one attached hydrogen (secondary N) is 1. The second-order valence-electron chi connectivity index (χ2n) is 3.74. The first-order chi connectivity index (χ1) is 9.20. The van der Waals surface area contributed by atoms with Gasteiger partial charge < -0.3 is 11.1 Å². The molecule has 0 radical (unpaired) electrons. The molecule has 98 valence electrons. The highest BCUT2D eigenvalue weighted by atomic mass is 32.1. The Morgan fingerprint density at radius 3 is 3.11 bits per heavy atom. The van der Waals surface area contributed by atoms with Crippen LogP contribution in [0.25, 0.3) is 0 Å². The summed E-state index contributed by atoms with van der Waals surface area (Å²) in [6.07, 6.45) is 1.73. The second-order valence-corrected chi connectivity index (χ2v) is 5.75. The molecular weight excluding hydrogens is 278 g/mol. The van der Waals surface area contributed by atoms with E-state index >= 15 is 0 Å². The fraction of sp³-hybridized carbons (Fsp3) is 0.231. The van der Waals surface area contributed by atoms with Crippen molar-refractivity contribution in [2.45, 2.75) is 13.0 Å². The van der Waals surface area contributed by atoms with E-state index in [1.54, 1.807) is 12.3 Å². The number of nitrogens with zero attached hydrogens (tertiary/aromatic N) is 1. The number of aromatic nitrogens is 1. The third kappa shape index (κ3) is 3.64. The summed E-state index contributed by atoms with van der Waals surface area (Å²) in [4.78, 5) is 17.7. The van der Waals surface area contributed by atoms with Crippen LogP contribution >= 0.6 is 22.7 Å². The molecular formula is C13H13N3OS2. The van der Waals surface area contributed by atoms with Crippen molar-refractivity contribution in [2.24, 2.45) is 5.73 Å². The van der Waals surface area contributed by atoms with Gasteiger partial charge in [-0.1, -0.05) is 11.8 Å². The van der Waals surface area contributed by atoms with E-state index in [-0.39, 0.29) is 11.9 Å². The summed E-state index contributed by atoms with van der Waals surface area (Å²) < 4.78 is 0. The van der Waals surface area contributed by atoms with Crippen molar-refractivity contribution >= 4 is 28.6 Å². The number of nitrogens with two attached hydrogens (primary N) is 1. The predicted molar refractivity (Wildman–Crippen MR) is 78.2 cm³/mol. The van der Waals surface area contributed by atoms with E-state index in [9.17, 15) is 4.79 Å². The maximum Gasteiger partial charge on any atom is 0.261 e. The fourth-order valence-electron chi connectivity index (χ4n) is 1.44. The molecule has 19 heavy (non-hydrogen) atoms. The number of amides is 1. The normalized spacial score (nSPS) is 11.5. The van der Waals surface area contributed by atoms with E-state index in [0.29, 0.717) is 11.4 Å². The lowest BCUT2D eigenvalue weighted by molar-refractivity contribution is 0.0944. The number of thiazole rings is 1. The van der Waals surface area contributed by atoms with Crippen LogP contribution in [0.5, 0.6) is 0 Å². The van der Waals surface area contributed by atoms with Crippen molar-refractivity contribution in [1.29, 1.82) is 0 Å². The minimum atomic E-state index is -0.103. The Morgan fingerprint density at radius 1 is 1.58 bits per heavy atom. The zero-order valence-corrected chi connectivity index (χ0v) is 12.0. The molecule has 3 N–H and O–H groups in total. The Balaban J connectivity index is 2.02. The summed E-state index contributed by atoms with van der Waals surface area (Å²) in [6, 6.07) is 3.51. The average Bonchev–Trinajstić information content (AvgIpc) is 3.07. The lowest BCUT2D eigenvalue weighted by Crippen LogP contribution is -2.25. The molecule has 2 heterocycles. The molecule has 0 saturated carbocycles. The average molecular weight is 291 g/mol. The van der Waals surface area contributed by atoms with Crippen LogP contribution in [0.1, 0.15) is 32.5 Å². The number of carbonyl (C=O) groups excluding carboxylic acids is 1. The van der Waals surface area contributed by atoms with Crippen molar-refractivity contribution in [2.75, 3.05) is 6.54 Å². The first-order valence-corrected chi connectivity index (χ1v) is 7.39. The van der Waals surface area contributed by atoms with Gasteiger partial charge in [0, 0.05) is 11.6 Å². The number of hydrogen-bond acceptors (Lipinski definition) is 5. The molecule has 4 nitrogen and oxygen atoms in total. The molecule has 1 amide bonds. The molecule has 6 heteroatoms. The zero-order valence-electron chi connectivity index (χ0n) is 10.3. The molecule has 1 atom stereocenters. The smallest absolute Gasteiger partial charge is 0.261 e. The van der Waals surface area contributed by atoms with E-state index in [2.05, 4.69) is 22.1 Å². The highest BCUT2D eigenvalue weighted by Crippen LogP contribution is 2.19. The van der Waals surface area contributed by atoms with Gasteiger partial charge in [-0.25, -0.2) is 4.98 Å². The lowest BCUT2D eigenvalue weighted by Gasteiger charge is -2.09. The Bertz CT molecular complexity index is 607. The Morgan fingerprint density at radius 2 is 2.42 bits per heavy atom. The minimum Gasteiger partial charge on any atom is -0.342 e. The minimum absolute atomic E-state index is 0.0897. The number of hydrogen-bond donors (Lipinski definition) is 2. The Kier molecular flexibility index (Phi) is 4.68. The Hall–Kier alpha value is -1.68. The van der Waals surface area contributed by atoms with E-state index < -0.39 is 0 Å². The van der Waals surface area contributed by atoms with Gasteiger partial charge in [0.25, 0.3) is 5.91 Å². The van der Waals surface area contributed by atoms with Crippen LogP contribution in [-0.2, 0) is 0 Å². The molecule has 0 aliphatic rings. The van der Waals surface area contributed by atoms with E-state index in [0.717, 1.165) is 9.88 Å². The number of thiophene rings is 1. The maximum atomic E-state index is 12.0. The lowest BCUT2D eigenvalue weighted by atomic mass is 10.3. The van der Waals surface area contributed by atoms with Gasteiger partial charge in [-0.3, -0.25) is 4.79 Å². The first kappa shape index (κ1) is 13.7. The molecule has 0 aliphatic carbocycles. The molecule has 0 fully saturated rings. The van der Waals surface area contributed by atoms with Gasteiger partial charge in [0.15, 0.2) is 0 Å². The molecule has 2 aromatic heterocycles. The fourth-order valence-corrected chi connectivity index (χ4v) is 2.87. The SMILES string of the molecule is CC(NC(=O)c1ccc(C#CCN)s1)c1nccs1. The van der Waals surface area contributed by atoms with Crippen LogP contribution in [0.3, 0.4) is 0 Å². The zero-order chi connectivity index (χ0) is 13.7. The largest absolute Gasteiger partial charge is 0.342 e. The van der Waals surface area contributed by atoms with E-state index in [1.165, 1.54) is 22.7 Å². The van der Waals surface area contributed by atoms with Crippen LogP contribution in [0, 0.1) is 11.8 Å². The predicted octanol–water partition coefficient (Wildman–Crippen LogP) is 2.01. The molecule has 2 rings (SSSR count). The van der Waals surface area contributed by atoms with Crippen LogP contribution < -0.4 is 11.1 Å². The van der Waals surface area contributed by atoms with Crippen molar-refractivity contribution in [3.63, 3.8) is 0 Å². The van der Waals surface area contributed by atoms with Crippen molar-refractivity contribution in [3.8, 4) is 11.8 Å². The third-order valence-electron chi connectivity index (χ3n) is 2.31. The standard InChI is InChI=1S/C13H13N3OS2/c1-9(13-15-7-8-18-13)16-12(17)11-5-4-10(19-11)3-2-6-14/h4-5,7-9H,6,14H2,1H3,(H,16,17). The Labute approximate surface area is 119 Å². The first-order valence-electron chi connectivity index (χ1n) is 5.69. The quantitative estimate of drug-likeness (QED) is 0.850. The second kappa shape index (κ2) is 6.48. The number of carbonyl (C=O) groups is 1. The highest BCUT2D eigenvalue weighted by Gasteiger charge is 2.14. The van der Waals surface area contributed by atoms with Crippen LogP contribution in [0.2, 0.25) is 0 Å². The van der Waals surface area contributed by atoms with E-state index in [4.69, 9.17) is 5.73 Å². The molecule has 0 spiro atoms. The van der Waals surface area contributed by atoms with Crippen molar-refractivity contribution in [1.82, 2.24) is 10.3 Å². The van der Waals surface area contributed by atoms with E-state index in [1.807, 2.05) is 18.4 Å². The van der Waals surface area contributed by atoms with Gasteiger partial charge in [-0.2, -0.15) is 0 Å². The molecule has 0 saturated heterocycles. The van der Waals surface area contributed by atoms with Crippen molar-refractivity contribution < 1.29 is 4.79 Å². The van der Waals surface area contributed by atoms with Crippen LogP contribution in [-0.4, -0.2) is 17.4 Å². The van der Waals surface area contributed by atoms with Crippen LogP contribution in [0.15, 0.2) is 23.7 Å². The number of rotatable bonds is 3. The summed E-state index contributed by atoms with van der Waals surface area (Å²) in [6.45, 7) is 2.24. The topological polar surface area (TPSA) is 68.0 Å². The van der Waals surface area contributed by atoms with Gasteiger partial charge in [0.2, 0.25) is 0 Å². The summed E-state index contributed by atoms with van der Waals surface area (Å²) in [7, 11) is 0. The van der Waals surface area contributed by atoms with Gasteiger partial charge in [-0.15, -0.1) is 22.7 Å². The summed E-state index contributed by atoms with van der Waals surface area (Å²) in [5, 5.41) is 5.70.